The molecule has 106 valence electrons. The lowest BCUT2D eigenvalue weighted by Gasteiger charge is -2.43. The molecule has 1 aromatic heterocycles. The number of halogens is 1. The minimum absolute atomic E-state index is 0.167. The molecule has 0 N–H and O–H groups in total. The van der Waals surface area contributed by atoms with E-state index >= 15 is 0 Å². The van der Waals surface area contributed by atoms with Crippen LogP contribution in [0.3, 0.4) is 0 Å². The van der Waals surface area contributed by atoms with Crippen LogP contribution >= 0.6 is 15.9 Å². The van der Waals surface area contributed by atoms with Crippen molar-refractivity contribution in [2.24, 2.45) is 0 Å². The largest absolute Gasteiger partial charge is 0.368 e. The van der Waals surface area contributed by atoms with Crippen molar-refractivity contribution in [2.75, 3.05) is 42.3 Å². The lowest BCUT2D eigenvalue weighted by atomic mass is 10.1. The molecule has 1 aromatic rings. The molecule has 2 heterocycles. The molecule has 6 heteroatoms. The van der Waals surface area contributed by atoms with Gasteiger partial charge in [0.05, 0.1) is 11.7 Å². The third-order valence-electron chi connectivity index (χ3n) is 3.01. The Balaban J connectivity index is 2.22. The Bertz CT molecular complexity index is 438. The molecule has 0 amide bonds. The maximum atomic E-state index is 6.01. The average molecular weight is 329 g/mol. The molecule has 1 saturated heterocycles. The summed E-state index contributed by atoms with van der Waals surface area (Å²) in [5, 5.41) is 0.832. The SMILES string of the molecule is CN(C)c1nccc(N2CC(CBr)OC(C)(C)C2)n1. The number of morpholine rings is 1. The Labute approximate surface area is 123 Å². The van der Waals surface area contributed by atoms with E-state index in [0.717, 1.165) is 30.2 Å². The fourth-order valence-electron chi connectivity index (χ4n) is 2.28. The van der Waals surface area contributed by atoms with Crippen molar-refractivity contribution in [3.63, 3.8) is 0 Å². The standard InChI is InChI=1S/C13H21BrN4O/c1-13(2)9-18(8-10(7-14)19-13)11-5-6-15-12(16-11)17(3)4/h5-6,10H,7-9H2,1-4H3. The van der Waals surface area contributed by atoms with Crippen LogP contribution in [0.4, 0.5) is 11.8 Å². The first-order valence-corrected chi connectivity index (χ1v) is 7.52. The first kappa shape index (κ1) is 14.5. The highest BCUT2D eigenvalue weighted by Crippen LogP contribution is 2.26. The van der Waals surface area contributed by atoms with Gasteiger partial charge in [-0.1, -0.05) is 15.9 Å². The van der Waals surface area contributed by atoms with Crippen molar-refractivity contribution in [1.29, 1.82) is 0 Å². The van der Waals surface area contributed by atoms with Crippen LogP contribution in [-0.2, 0) is 4.74 Å². The van der Waals surface area contributed by atoms with Gasteiger partial charge in [-0.05, 0) is 19.9 Å². The number of hydrogen-bond acceptors (Lipinski definition) is 5. The third-order valence-corrected chi connectivity index (χ3v) is 3.73. The topological polar surface area (TPSA) is 41.5 Å². The monoisotopic (exact) mass is 328 g/mol. The van der Waals surface area contributed by atoms with E-state index in [4.69, 9.17) is 4.74 Å². The molecule has 1 aliphatic heterocycles. The maximum Gasteiger partial charge on any atom is 0.226 e. The normalized spacial score (nSPS) is 22.4. The summed E-state index contributed by atoms with van der Waals surface area (Å²) in [6.45, 7) is 5.91. The molecule has 0 bridgehead atoms. The maximum absolute atomic E-state index is 6.01. The summed E-state index contributed by atoms with van der Waals surface area (Å²) in [7, 11) is 3.90. The molecular weight excluding hydrogens is 308 g/mol. The quantitative estimate of drug-likeness (QED) is 0.793. The van der Waals surface area contributed by atoms with Crippen LogP contribution in [0.15, 0.2) is 12.3 Å². The summed E-state index contributed by atoms with van der Waals surface area (Å²) in [6.07, 6.45) is 1.99. The van der Waals surface area contributed by atoms with Gasteiger partial charge in [0.1, 0.15) is 5.82 Å². The van der Waals surface area contributed by atoms with Gasteiger partial charge >= 0.3 is 0 Å². The zero-order chi connectivity index (χ0) is 14.0. The first-order chi connectivity index (χ1) is 8.91. The van der Waals surface area contributed by atoms with E-state index in [2.05, 4.69) is 44.6 Å². The van der Waals surface area contributed by atoms with E-state index in [1.165, 1.54) is 0 Å². The second-order valence-corrected chi connectivity index (χ2v) is 6.29. The number of ether oxygens (including phenoxy) is 1. The van der Waals surface area contributed by atoms with E-state index in [-0.39, 0.29) is 11.7 Å². The van der Waals surface area contributed by atoms with Gasteiger partial charge in [0, 0.05) is 38.7 Å². The van der Waals surface area contributed by atoms with Gasteiger partial charge < -0.3 is 14.5 Å². The van der Waals surface area contributed by atoms with E-state index in [1.54, 1.807) is 0 Å². The van der Waals surface area contributed by atoms with Gasteiger partial charge in [0.2, 0.25) is 5.95 Å². The number of nitrogens with zero attached hydrogens (tertiary/aromatic N) is 4. The fourth-order valence-corrected chi connectivity index (χ4v) is 2.62. The van der Waals surface area contributed by atoms with Gasteiger partial charge in [-0.15, -0.1) is 0 Å². The minimum atomic E-state index is -0.167. The van der Waals surface area contributed by atoms with Crippen LogP contribution in [-0.4, -0.2) is 54.2 Å². The van der Waals surface area contributed by atoms with Crippen molar-refractivity contribution >= 4 is 27.7 Å². The first-order valence-electron chi connectivity index (χ1n) is 6.40. The van der Waals surface area contributed by atoms with Gasteiger partial charge in [-0.25, -0.2) is 4.98 Å². The predicted molar refractivity (Wildman–Crippen MR) is 81.3 cm³/mol. The molecule has 0 aliphatic carbocycles. The number of hydrogen-bond donors (Lipinski definition) is 0. The number of aromatic nitrogens is 2. The van der Waals surface area contributed by atoms with Crippen molar-refractivity contribution in [1.82, 2.24) is 9.97 Å². The van der Waals surface area contributed by atoms with Gasteiger partial charge in [0.15, 0.2) is 0 Å². The van der Waals surface area contributed by atoms with E-state index in [1.807, 2.05) is 31.3 Å². The van der Waals surface area contributed by atoms with Crippen LogP contribution in [0.2, 0.25) is 0 Å². The molecule has 2 rings (SSSR count). The molecule has 1 atom stereocenters. The highest BCUT2D eigenvalue weighted by molar-refractivity contribution is 9.09. The van der Waals surface area contributed by atoms with Crippen LogP contribution in [0.1, 0.15) is 13.8 Å². The summed E-state index contributed by atoms with van der Waals surface area (Å²) in [4.78, 5) is 13.0. The third kappa shape index (κ3) is 3.57. The highest BCUT2D eigenvalue weighted by atomic mass is 79.9. The average Bonchev–Trinajstić information content (AvgIpc) is 2.37. The smallest absolute Gasteiger partial charge is 0.226 e. The Morgan fingerprint density at radius 3 is 2.89 bits per heavy atom. The van der Waals surface area contributed by atoms with Gasteiger partial charge in [-0.3, -0.25) is 0 Å². The van der Waals surface area contributed by atoms with Crippen molar-refractivity contribution in [3.05, 3.63) is 12.3 Å². The number of rotatable bonds is 3. The second kappa shape index (κ2) is 5.63. The van der Waals surface area contributed by atoms with E-state index in [9.17, 15) is 0 Å². The molecule has 0 saturated carbocycles. The fraction of sp³-hybridized carbons (Fsp3) is 0.692. The Hall–Kier alpha value is -0.880. The summed E-state index contributed by atoms with van der Waals surface area (Å²) in [5.41, 5.74) is -0.167. The molecule has 0 aromatic carbocycles. The molecule has 1 aliphatic rings. The summed E-state index contributed by atoms with van der Waals surface area (Å²) < 4.78 is 6.01. The molecule has 1 fully saturated rings. The van der Waals surface area contributed by atoms with Crippen molar-refractivity contribution in [2.45, 2.75) is 25.6 Å². The van der Waals surface area contributed by atoms with Crippen LogP contribution in [0.25, 0.3) is 0 Å². The van der Waals surface area contributed by atoms with Crippen LogP contribution < -0.4 is 9.80 Å². The van der Waals surface area contributed by atoms with Crippen LogP contribution in [0, 0.1) is 0 Å². The molecule has 5 nitrogen and oxygen atoms in total. The molecule has 1 unspecified atom stereocenters. The lowest BCUT2D eigenvalue weighted by Crippen LogP contribution is -2.53. The molecule has 0 spiro atoms. The highest BCUT2D eigenvalue weighted by Gasteiger charge is 2.33. The van der Waals surface area contributed by atoms with E-state index < -0.39 is 0 Å². The van der Waals surface area contributed by atoms with Crippen molar-refractivity contribution in [3.8, 4) is 0 Å². The summed E-state index contributed by atoms with van der Waals surface area (Å²) in [5.74, 6) is 1.69. The Morgan fingerprint density at radius 2 is 2.26 bits per heavy atom. The molecular formula is C13H21BrN4O. The second-order valence-electron chi connectivity index (χ2n) is 5.64. The van der Waals surface area contributed by atoms with Gasteiger partial charge in [-0.2, -0.15) is 4.98 Å². The Morgan fingerprint density at radius 1 is 1.53 bits per heavy atom. The molecule has 19 heavy (non-hydrogen) atoms. The van der Waals surface area contributed by atoms with Crippen LogP contribution in [0.5, 0.6) is 0 Å². The zero-order valence-corrected chi connectivity index (χ0v) is 13.5. The minimum Gasteiger partial charge on any atom is -0.368 e. The summed E-state index contributed by atoms with van der Waals surface area (Å²) in [6, 6.07) is 1.96. The lowest BCUT2D eigenvalue weighted by molar-refractivity contribution is -0.0726. The Kier molecular flexibility index (Phi) is 4.30. The number of anilines is 2. The van der Waals surface area contributed by atoms with Gasteiger partial charge in [0.25, 0.3) is 0 Å². The number of alkyl halides is 1. The zero-order valence-electron chi connectivity index (χ0n) is 11.9. The van der Waals surface area contributed by atoms with Crippen molar-refractivity contribution < 1.29 is 4.74 Å². The predicted octanol–water partition coefficient (Wildman–Crippen LogP) is 1.92. The molecule has 0 radical (unpaired) electrons. The summed E-state index contributed by atoms with van der Waals surface area (Å²) >= 11 is 3.51. The van der Waals surface area contributed by atoms with E-state index in [0.29, 0.717) is 0 Å².